The SMILES string of the molecule is C=CCOC(=O)Nc1nc(/C([C]=O)=N/OCc2cc(Cl)ccc2Cl)cs1. The largest absolute Gasteiger partial charge is 0.445 e. The summed E-state index contributed by atoms with van der Waals surface area (Å²) < 4.78 is 4.77. The van der Waals surface area contributed by atoms with E-state index in [0.29, 0.717) is 15.6 Å². The zero-order chi connectivity index (χ0) is 18.9. The summed E-state index contributed by atoms with van der Waals surface area (Å²) in [5, 5.41) is 8.81. The van der Waals surface area contributed by atoms with Gasteiger partial charge in [0.1, 0.15) is 18.9 Å². The number of hydrogen-bond donors (Lipinski definition) is 1. The van der Waals surface area contributed by atoms with Gasteiger partial charge in [0.05, 0.1) is 0 Å². The Kier molecular flexibility index (Phi) is 7.58. The Bertz CT molecular complexity index is 839. The highest BCUT2D eigenvalue weighted by atomic mass is 35.5. The summed E-state index contributed by atoms with van der Waals surface area (Å²) in [7, 11) is 0. The smallest absolute Gasteiger partial charge is 0.413 e. The number of nitrogens with one attached hydrogen (secondary N) is 1. The molecule has 1 N–H and O–H groups in total. The van der Waals surface area contributed by atoms with E-state index in [0.717, 1.165) is 11.3 Å². The Morgan fingerprint density at radius 3 is 3.00 bits per heavy atom. The Balaban J connectivity index is 2.00. The highest BCUT2D eigenvalue weighted by Crippen LogP contribution is 2.21. The molecule has 135 valence electrons. The molecule has 2 aromatic rings. The summed E-state index contributed by atoms with van der Waals surface area (Å²) in [5.74, 6) is 0. The highest BCUT2D eigenvalue weighted by molar-refractivity contribution is 7.14. The van der Waals surface area contributed by atoms with E-state index in [1.165, 1.54) is 11.5 Å². The van der Waals surface area contributed by atoms with Crippen LogP contribution in [-0.4, -0.2) is 29.7 Å². The van der Waals surface area contributed by atoms with Crippen molar-refractivity contribution >= 4 is 57.8 Å². The molecule has 0 saturated carbocycles. The molecule has 10 heteroatoms. The van der Waals surface area contributed by atoms with Gasteiger partial charge in [-0.2, -0.15) is 0 Å². The first-order valence-electron chi connectivity index (χ1n) is 7.06. The molecular weight excluding hydrogens is 401 g/mol. The summed E-state index contributed by atoms with van der Waals surface area (Å²) in [6, 6.07) is 4.90. The van der Waals surface area contributed by atoms with Crippen LogP contribution in [0.25, 0.3) is 0 Å². The quantitative estimate of drug-likeness (QED) is 0.398. The molecule has 26 heavy (non-hydrogen) atoms. The summed E-state index contributed by atoms with van der Waals surface area (Å²) >= 11 is 13.0. The summed E-state index contributed by atoms with van der Waals surface area (Å²) in [6.45, 7) is 3.51. The van der Waals surface area contributed by atoms with Crippen LogP contribution in [0, 0.1) is 0 Å². The van der Waals surface area contributed by atoms with E-state index < -0.39 is 6.09 Å². The van der Waals surface area contributed by atoms with Crippen molar-refractivity contribution in [2.24, 2.45) is 5.16 Å². The van der Waals surface area contributed by atoms with E-state index in [1.807, 2.05) is 0 Å². The van der Waals surface area contributed by atoms with E-state index in [1.54, 1.807) is 24.5 Å². The number of ether oxygens (including phenoxy) is 1. The van der Waals surface area contributed by atoms with Crippen LogP contribution in [-0.2, 0) is 21.0 Å². The van der Waals surface area contributed by atoms with Gasteiger partial charge in [-0.25, -0.2) is 9.78 Å². The van der Waals surface area contributed by atoms with Crippen molar-refractivity contribution in [2.45, 2.75) is 6.61 Å². The first kappa shape index (κ1) is 19.9. The number of carbonyl (C=O) groups is 1. The molecule has 0 aliphatic rings. The van der Waals surface area contributed by atoms with Crippen LogP contribution in [0.3, 0.4) is 0 Å². The zero-order valence-electron chi connectivity index (χ0n) is 13.2. The van der Waals surface area contributed by atoms with Crippen molar-refractivity contribution in [3.8, 4) is 0 Å². The van der Waals surface area contributed by atoms with E-state index in [4.69, 9.17) is 32.8 Å². The third-order valence-electron chi connectivity index (χ3n) is 2.77. The Morgan fingerprint density at radius 1 is 1.46 bits per heavy atom. The predicted molar refractivity (Wildman–Crippen MR) is 101 cm³/mol. The fraction of sp³-hybridized carbons (Fsp3) is 0.125. The van der Waals surface area contributed by atoms with Crippen LogP contribution in [0.5, 0.6) is 0 Å². The summed E-state index contributed by atoms with van der Waals surface area (Å²) in [5.41, 5.74) is 0.645. The van der Waals surface area contributed by atoms with Gasteiger partial charge in [0.15, 0.2) is 10.8 Å². The number of nitrogens with zero attached hydrogens (tertiary/aromatic N) is 2. The number of thiazole rings is 1. The molecule has 0 saturated heterocycles. The van der Waals surface area contributed by atoms with Crippen LogP contribution >= 0.6 is 34.5 Å². The normalized spacial score (nSPS) is 10.9. The van der Waals surface area contributed by atoms with Crippen LogP contribution < -0.4 is 5.32 Å². The Hall–Kier alpha value is -2.42. The molecule has 7 nitrogen and oxygen atoms in total. The van der Waals surface area contributed by atoms with Gasteiger partial charge < -0.3 is 9.57 Å². The Morgan fingerprint density at radius 2 is 2.27 bits per heavy atom. The monoisotopic (exact) mass is 412 g/mol. The molecule has 0 fully saturated rings. The molecular formula is C16H12Cl2N3O4S. The third-order valence-corrected chi connectivity index (χ3v) is 4.13. The van der Waals surface area contributed by atoms with Crippen LogP contribution in [0.4, 0.5) is 9.93 Å². The van der Waals surface area contributed by atoms with Crippen LogP contribution in [0.2, 0.25) is 10.0 Å². The minimum absolute atomic E-state index is 0.00764. The molecule has 0 unspecified atom stereocenters. The number of benzene rings is 1. The second-order valence-electron chi connectivity index (χ2n) is 4.60. The average Bonchev–Trinajstić information content (AvgIpc) is 3.08. The number of carbonyl (C=O) groups excluding carboxylic acids is 2. The Labute approximate surface area is 163 Å². The molecule has 1 amide bonds. The first-order chi connectivity index (χ1) is 12.5. The lowest BCUT2D eigenvalue weighted by Crippen LogP contribution is -2.13. The molecule has 1 heterocycles. The molecule has 0 atom stereocenters. The highest BCUT2D eigenvalue weighted by Gasteiger charge is 2.12. The average molecular weight is 413 g/mol. The topological polar surface area (TPSA) is 89.9 Å². The third kappa shape index (κ3) is 5.83. The van der Waals surface area contributed by atoms with Crippen molar-refractivity contribution < 1.29 is 19.2 Å². The number of hydrogen-bond acceptors (Lipinski definition) is 7. The van der Waals surface area contributed by atoms with Crippen LogP contribution in [0.1, 0.15) is 11.3 Å². The molecule has 0 spiro atoms. The van der Waals surface area contributed by atoms with Crippen molar-refractivity contribution in [1.29, 1.82) is 0 Å². The minimum atomic E-state index is -0.689. The van der Waals surface area contributed by atoms with Crippen molar-refractivity contribution in [2.75, 3.05) is 11.9 Å². The van der Waals surface area contributed by atoms with E-state index in [-0.39, 0.29) is 29.8 Å². The van der Waals surface area contributed by atoms with Gasteiger partial charge in [-0.15, -0.1) is 11.3 Å². The standard InChI is InChI=1S/C16H12Cl2N3O4S/c1-2-5-24-16(23)20-15-19-14(9-26-15)13(7-22)21-25-8-10-6-11(17)3-4-12(10)18/h2-4,6,9H,1,5,8H2,(H,19,20,23)/b21-13+. The summed E-state index contributed by atoms with van der Waals surface area (Å²) in [6.07, 6.45) is 2.38. The number of oxime groups is 1. The zero-order valence-corrected chi connectivity index (χ0v) is 15.5. The minimum Gasteiger partial charge on any atom is -0.445 e. The molecule has 1 aromatic heterocycles. The number of anilines is 1. The fourth-order valence-electron chi connectivity index (χ4n) is 1.64. The van der Waals surface area contributed by atoms with Crippen molar-refractivity contribution in [3.05, 3.63) is 57.5 Å². The maximum Gasteiger partial charge on any atom is 0.413 e. The lowest BCUT2D eigenvalue weighted by atomic mass is 10.2. The molecule has 2 rings (SSSR count). The maximum atomic E-state index is 11.4. The van der Waals surface area contributed by atoms with Gasteiger partial charge in [-0.05, 0) is 18.2 Å². The second-order valence-corrected chi connectivity index (χ2v) is 6.30. The van der Waals surface area contributed by atoms with E-state index in [9.17, 15) is 9.59 Å². The van der Waals surface area contributed by atoms with Crippen molar-refractivity contribution in [1.82, 2.24) is 4.98 Å². The van der Waals surface area contributed by atoms with E-state index in [2.05, 4.69) is 22.0 Å². The van der Waals surface area contributed by atoms with Gasteiger partial charge >= 0.3 is 6.09 Å². The summed E-state index contributed by atoms with van der Waals surface area (Å²) in [4.78, 5) is 31.7. The fourth-order valence-corrected chi connectivity index (χ4v) is 2.68. The lowest BCUT2D eigenvalue weighted by molar-refractivity contribution is 0.131. The maximum absolute atomic E-state index is 11.4. The van der Waals surface area contributed by atoms with Gasteiger partial charge in [-0.3, -0.25) is 10.1 Å². The van der Waals surface area contributed by atoms with E-state index >= 15 is 0 Å². The van der Waals surface area contributed by atoms with Gasteiger partial charge in [-0.1, -0.05) is 41.0 Å². The van der Waals surface area contributed by atoms with Gasteiger partial charge in [0.25, 0.3) is 6.29 Å². The first-order valence-corrected chi connectivity index (χ1v) is 8.69. The number of amides is 1. The van der Waals surface area contributed by atoms with Crippen molar-refractivity contribution in [3.63, 3.8) is 0 Å². The van der Waals surface area contributed by atoms with Gasteiger partial charge in [0.2, 0.25) is 0 Å². The molecule has 1 radical (unpaired) electrons. The molecule has 0 aliphatic heterocycles. The molecule has 1 aromatic carbocycles. The second kappa shape index (κ2) is 9.91. The lowest BCUT2D eigenvalue weighted by Gasteiger charge is -2.04. The number of aromatic nitrogens is 1. The number of halogens is 2. The molecule has 0 bridgehead atoms. The van der Waals surface area contributed by atoms with Gasteiger partial charge in [0, 0.05) is 21.0 Å². The predicted octanol–water partition coefficient (Wildman–Crippen LogP) is 4.22. The number of rotatable bonds is 8. The molecule has 0 aliphatic carbocycles. The van der Waals surface area contributed by atoms with Crippen LogP contribution in [0.15, 0.2) is 41.4 Å².